The lowest BCUT2D eigenvalue weighted by Crippen LogP contribution is -2.19. The van der Waals surface area contributed by atoms with E-state index in [1.807, 2.05) is 49.4 Å². The van der Waals surface area contributed by atoms with Crippen molar-refractivity contribution in [3.63, 3.8) is 0 Å². The molecule has 3 aromatic rings. The second kappa shape index (κ2) is 11.7. The number of nitrogens with zero attached hydrogens (tertiary/aromatic N) is 3. The van der Waals surface area contributed by atoms with Gasteiger partial charge in [0.15, 0.2) is 15.8 Å². The van der Waals surface area contributed by atoms with Gasteiger partial charge < -0.3 is 15.2 Å². The summed E-state index contributed by atoms with van der Waals surface area (Å²) >= 11 is 5.94. The number of amides is 1. The fourth-order valence-electron chi connectivity index (χ4n) is 2.40. The standard InChI is InChI=1S/C20H20BrN5O3S2/c1-2-28-17-9-13(6-7-16(17)29-11-14-4-3-5-15(21)8-14)10-23-24-18(27)12-30-20-26-25-19(22)31-20/h3-10H,2,11-12H2,1H3,(H2,22,25)(H,24,27). The first kappa shape index (κ1) is 23.0. The summed E-state index contributed by atoms with van der Waals surface area (Å²) in [5.74, 6) is 1.15. The molecule has 0 aliphatic heterocycles. The van der Waals surface area contributed by atoms with Gasteiger partial charge in [-0.15, -0.1) is 10.2 Å². The number of thioether (sulfide) groups is 1. The monoisotopic (exact) mass is 521 g/mol. The number of carbonyl (C=O) groups is 1. The van der Waals surface area contributed by atoms with Crippen molar-refractivity contribution in [2.45, 2.75) is 17.9 Å². The van der Waals surface area contributed by atoms with Crippen LogP contribution in [0.3, 0.4) is 0 Å². The molecule has 11 heteroatoms. The summed E-state index contributed by atoms with van der Waals surface area (Å²) < 4.78 is 13.3. The van der Waals surface area contributed by atoms with Crippen LogP contribution in [0.25, 0.3) is 0 Å². The normalized spacial score (nSPS) is 10.9. The van der Waals surface area contributed by atoms with Gasteiger partial charge in [0.25, 0.3) is 5.91 Å². The minimum atomic E-state index is -0.256. The van der Waals surface area contributed by atoms with Crippen molar-refractivity contribution < 1.29 is 14.3 Å². The summed E-state index contributed by atoms with van der Waals surface area (Å²) in [4.78, 5) is 11.9. The SMILES string of the molecule is CCOc1cc(C=NNC(=O)CSc2nnc(N)s2)ccc1OCc1cccc(Br)c1. The second-order valence-corrected chi connectivity index (χ2v) is 9.19. The van der Waals surface area contributed by atoms with Gasteiger partial charge in [-0.05, 0) is 48.4 Å². The van der Waals surface area contributed by atoms with Gasteiger partial charge in [-0.1, -0.05) is 51.2 Å². The molecule has 8 nitrogen and oxygen atoms in total. The molecule has 0 aliphatic rings. The van der Waals surface area contributed by atoms with E-state index in [-0.39, 0.29) is 11.7 Å². The number of hydrogen-bond acceptors (Lipinski definition) is 9. The second-order valence-electron chi connectivity index (χ2n) is 6.05. The Bertz CT molecular complexity index is 1060. The number of hydrazone groups is 1. The van der Waals surface area contributed by atoms with Crippen LogP contribution in [-0.4, -0.2) is 34.7 Å². The zero-order chi connectivity index (χ0) is 22.1. The lowest BCUT2D eigenvalue weighted by molar-refractivity contribution is -0.118. The number of rotatable bonds is 10. The van der Waals surface area contributed by atoms with Crippen LogP contribution >= 0.6 is 39.0 Å². The minimum Gasteiger partial charge on any atom is -0.490 e. The zero-order valence-corrected chi connectivity index (χ0v) is 19.8. The fraction of sp³-hybridized carbons (Fsp3) is 0.200. The maximum absolute atomic E-state index is 11.9. The number of nitrogens with one attached hydrogen (secondary N) is 1. The Kier molecular flexibility index (Phi) is 8.68. The third kappa shape index (κ3) is 7.53. The molecule has 0 radical (unpaired) electrons. The molecule has 1 amide bonds. The third-order valence-electron chi connectivity index (χ3n) is 3.70. The molecule has 0 spiro atoms. The van der Waals surface area contributed by atoms with Gasteiger partial charge in [0.05, 0.1) is 18.6 Å². The average molecular weight is 522 g/mol. The van der Waals surface area contributed by atoms with Gasteiger partial charge in [-0.3, -0.25) is 4.79 Å². The highest BCUT2D eigenvalue weighted by molar-refractivity contribution is 9.10. The molecule has 0 bridgehead atoms. The molecule has 162 valence electrons. The van der Waals surface area contributed by atoms with E-state index in [4.69, 9.17) is 15.2 Å². The number of hydrogen-bond donors (Lipinski definition) is 2. The first-order valence-electron chi connectivity index (χ1n) is 9.21. The number of carbonyl (C=O) groups excluding carboxylic acids is 1. The molecule has 0 fully saturated rings. The van der Waals surface area contributed by atoms with Gasteiger partial charge in [-0.2, -0.15) is 5.10 Å². The molecule has 1 aromatic heterocycles. The topological polar surface area (TPSA) is 112 Å². The lowest BCUT2D eigenvalue weighted by atomic mass is 10.2. The van der Waals surface area contributed by atoms with Gasteiger partial charge in [0, 0.05) is 4.47 Å². The number of anilines is 1. The Balaban J connectivity index is 1.55. The maximum Gasteiger partial charge on any atom is 0.250 e. The highest BCUT2D eigenvalue weighted by Crippen LogP contribution is 2.29. The Morgan fingerprint density at radius 3 is 2.87 bits per heavy atom. The van der Waals surface area contributed by atoms with Crippen LogP contribution in [0, 0.1) is 0 Å². The summed E-state index contributed by atoms with van der Waals surface area (Å²) in [6.45, 7) is 2.82. The Labute approximate surface area is 196 Å². The molecule has 0 aliphatic carbocycles. The van der Waals surface area contributed by atoms with Crippen molar-refractivity contribution in [2.75, 3.05) is 18.1 Å². The van der Waals surface area contributed by atoms with Crippen LogP contribution in [0.5, 0.6) is 11.5 Å². The van der Waals surface area contributed by atoms with Gasteiger partial charge in [0.2, 0.25) is 5.13 Å². The first-order chi connectivity index (χ1) is 15.0. The molecule has 1 heterocycles. The van der Waals surface area contributed by atoms with E-state index in [1.165, 1.54) is 23.1 Å². The van der Waals surface area contributed by atoms with Crippen LogP contribution < -0.4 is 20.6 Å². The number of benzene rings is 2. The van der Waals surface area contributed by atoms with Crippen LogP contribution in [0.2, 0.25) is 0 Å². The smallest absolute Gasteiger partial charge is 0.250 e. The fourth-order valence-corrected chi connectivity index (χ4v) is 4.27. The van der Waals surface area contributed by atoms with Crippen molar-refractivity contribution in [1.82, 2.24) is 15.6 Å². The van der Waals surface area contributed by atoms with Crippen LogP contribution in [-0.2, 0) is 11.4 Å². The van der Waals surface area contributed by atoms with Gasteiger partial charge >= 0.3 is 0 Å². The van der Waals surface area contributed by atoms with Crippen molar-refractivity contribution in [3.8, 4) is 11.5 Å². The molecule has 0 saturated heterocycles. The molecular weight excluding hydrogens is 502 g/mol. The largest absolute Gasteiger partial charge is 0.490 e. The Morgan fingerprint density at radius 2 is 2.13 bits per heavy atom. The molecule has 3 rings (SSSR count). The maximum atomic E-state index is 11.9. The van der Waals surface area contributed by atoms with E-state index in [9.17, 15) is 4.79 Å². The molecular formula is C20H20BrN5O3S2. The molecule has 0 atom stereocenters. The lowest BCUT2D eigenvalue weighted by Gasteiger charge is -2.12. The molecule has 31 heavy (non-hydrogen) atoms. The number of halogens is 1. The molecule has 0 saturated carbocycles. The number of nitrogen functional groups attached to an aromatic ring is 1. The van der Waals surface area contributed by atoms with Crippen molar-refractivity contribution in [1.29, 1.82) is 0 Å². The van der Waals surface area contributed by atoms with Crippen molar-refractivity contribution >= 4 is 56.3 Å². The third-order valence-corrected chi connectivity index (χ3v) is 6.08. The van der Waals surface area contributed by atoms with Crippen molar-refractivity contribution in [2.24, 2.45) is 5.10 Å². The summed E-state index contributed by atoms with van der Waals surface area (Å²) in [6, 6.07) is 13.4. The van der Waals surface area contributed by atoms with Gasteiger partial charge in [0.1, 0.15) is 6.61 Å². The predicted octanol–water partition coefficient (Wildman–Crippen LogP) is 4.10. The van der Waals surface area contributed by atoms with E-state index in [0.29, 0.717) is 34.2 Å². The quantitative estimate of drug-likeness (QED) is 0.234. The highest BCUT2D eigenvalue weighted by atomic mass is 79.9. The summed E-state index contributed by atoms with van der Waals surface area (Å²) in [5.41, 5.74) is 9.81. The average Bonchev–Trinajstić information content (AvgIpc) is 3.17. The first-order valence-corrected chi connectivity index (χ1v) is 11.8. The summed E-state index contributed by atoms with van der Waals surface area (Å²) in [6.07, 6.45) is 1.55. The Morgan fingerprint density at radius 1 is 1.26 bits per heavy atom. The number of nitrogens with two attached hydrogens (primary N) is 1. The number of ether oxygens (including phenoxy) is 2. The van der Waals surface area contributed by atoms with E-state index in [0.717, 1.165) is 15.6 Å². The summed E-state index contributed by atoms with van der Waals surface area (Å²) in [5, 5.41) is 11.9. The Hall–Kier alpha value is -2.63. The highest BCUT2D eigenvalue weighted by Gasteiger charge is 2.08. The van der Waals surface area contributed by atoms with E-state index in [1.54, 1.807) is 6.21 Å². The van der Waals surface area contributed by atoms with E-state index >= 15 is 0 Å². The minimum absolute atomic E-state index is 0.165. The van der Waals surface area contributed by atoms with E-state index in [2.05, 4.69) is 36.7 Å². The molecule has 3 N–H and O–H groups in total. The number of aromatic nitrogens is 2. The molecule has 0 unspecified atom stereocenters. The van der Waals surface area contributed by atoms with Crippen LogP contribution in [0.15, 0.2) is 56.4 Å². The molecule has 2 aromatic carbocycles. The van der Waals surface area contributed by atoms with Gasteiger partial charge in [-0.25, -0.2) is 5.43 Å². The summed E-state index contributed by atoms with van der Waals surface area (Å²) in [7, 11) is 0. The van der Waals surface area contributed by atoms with Crippen LogP contribution in [0.4, 0.5) is 5.13 Å². The van der Waals surface area contributed by atoms with E-state index < -0.39 is 0 Å². The zero-order valence-electron chi connectivity index (χ0n) is 16.6. The van der Waals surface area contributed by atoms with Crippen LogP contribution in [0.1, 0.15) is 18.1 Å². The van der Waals surface area contributed by atoms with Crippen molar-refractivity contribution in [3.05, 3.63) is 58.1 Å². The predicted molar refractivity (Wildman–Crippen MR) is 127 cm³/mol.